The van der Waals surface area contributed by atoms with Crippen LogP contribution in [0.25, 0.3) is 5.76 Å². The third-order valence-corrected chi connectivity index (χ3v) is 5.06. The maximum absolute atomic E-state index is 12.9. The fraction of sp³-hybridized carbons (Fsp3) is 0.333. The number of Topliss-reactive ketones (excluding diaryl/α,β-unsaturated/α-hetero) is 1. The third-order valence-electron chi connectivity index (χ3n) is 4.76. The zero-order valence-corrected chi connectivity index (χ0v) is 17.4. The number of benzene rings is 1. The number of hydrogen-bond acceptors (Lipinski definition) is 6. The van der Waals surface area contributed by atoms with Crippen LogP contribution in [0.2, 0.25) is 5.02 Å². The normalized spacial score (nSPS) is 18.4. The molecule has 0 aliphatic carbocycles. The van der Waals surface area contributed by atoms with Crippen molar-refractivity contribution in [3.8, 4) is 11.5 Å². The number of rotatable bonds is 6. The molecule has 1 saturated heterocycles. The van der Waals surface area contributed by atoms with E-state index in [1.165, 1.54) is 31.3 Å². The lowest BCUT2D eigenvalue weighted by molar-refractivity contribution is -0.140. The van der Waals surface area contributed by atoms with E-state index in [0.29, 0.717) is 30.2 Å². The number of amides is 1. The molecule has 3 rings (SSSR count). The Kier molecular flexibility index (Phi) is 5.88. The highest BCUT2D eigenvalue weighted by atomic mass is 35.5. The first-order valence-electron chi connectivity index (χ1n) is 9.10. The number of aliphatic hydroxyl groups excluding tert-OH is 1. The largest absolute Gasteiger partial charge is 0.507 e. The molecule has 29 heavy (non-hydrogen) atoms. The van der Waals surface area contributed by atoms with E-state index in [-0.39, 0.29) is 27.7 Å². The Balaban J connectivity index is 2.24. The van der Waals surface area contributed by atoms with Crippen molar-refractivity contribution in [2.75, 3.05) is 20.8 Å². The average molecular weight is 420 g/mol. The summed E-state index contributed by atoms with van der Waals surface area (Å²) in [4.78, 5) is 26.9. The smallest absolute Gasteiger partial charge is 0.295 e. The summed E-state index contributed by atoms with van der Waals surface area (Å²) in [6, 6.07) is 5.54. The molecule has 2 heterocycles. The van der Waals surface area contributed by atoms with E-state index >= 15 is 0 Å². The molecular formula is C21H22ClNO6. The summed E-state index contributed by atoms with van der Waals surface area (Å²) < 4.78 is 16.2. The molecule has 1 fully saturated rings. The lowest BCUT2D eigenvalue weighted by Gasteiger charge is -2.23. The Morgan fingerprint density at radius 1 is 1.21 bits per heavy atom. The lowest BCUT2D eigenvalue weighted by Crippen LogP contribution is -2.30. The van der Waals surface area contributed by atoms with Crippen molar-refractivity contribution >= 4 is 29.1 Å². The molecule has 1 atom stereocenters. The van der Waals surface area contributed by atoms with Crippen molar-refractivity contribution in [2.24, 2.45) is 0 Å². The maximum Gasteiger partial charge on any atom is 0.295 e. The maximum atomic E-state index is 12.9. The van der Waals surface area contributed by atoms with E-state index in [1.807, 2.05) is 6.92 Å². The highest BCUT2D eigenvalue weighted by Gasteiger charge is 2.47. The first-order valence-corrected chi connectivity index (χ1v) is 9.48. The van der Waals surface area contributed by atoms with Crippen LogP contribution in [0, 0.1) is 6.92 Å². The van der Waals surface area contributed by atoms with Gasteiger partial charge in [0.15, 0.2) is 0 Å². The van der Waals surface area contributed by atoms with Crippen LogP contribution in [0.3, 0.4) is 0 Å². The fourth-order valence-corrected chi connectivity index (χ4v) is 3.68. The summed E-state index contributed by atoms with van der Waals surface area (Å²) >= 11 is 6.21. The van der Waals surface area contributed by atoms with E-state index in [4.69, 9.17) is 25.5 Å². The van der Waals surface area contributed by atoms with Gasteiger partial charge in [-0.2, -0.15) is 0 Å². The van der Waals surface area contributed by atoms with Gasteiger partial charge in [0.2, 0.25) is 0 Å². The number of aryl methyl sites for hydroxylation is 1. The van der Waals surface area contributed by atoms with E-state index in [9.17, 15) is 14.7 Å². The molecule has 1 aliphatic heterocycles. The second-order valence-electron chi connectivity index (χ2n) is 6.63. The Hall–Kier alpha value is -2.93. The molecule has 0 bridgehead atoms. The van der Waals surface area contributed by atoms with Gasteiger partial charge in [-0.05, 0) is 31.5 Å². The number of halogens is 1. The first-order chi connectivity index (χ1) is 13.8. The number of carbonyl (C=O) groups is 2. The zero-order chi connectivity index (χ0) is 21.3. The summed E-state index contributed by atoms with van der Waals surface area (Å²) in [6.45, 7) is 4.00. The zero-order valence-electron chi connectivity index (χ0n) is 16.6. The fourth-order valence-electron chi connectivity index (χ4n) is 3.44. The van der Waals surface area contributed by atoms with Gasteiger partial charge in [0.25, 0.3) is 11.7 Å². The van der Waals surface area contributed by atoms with Crippen LogP contribution in [-0.2, 0) is 9.59 Å². The number of likely N-dealkylation sites (tertiary alicyclic amines) is 1. The molecule has 2 aromatic rings. The molecule has 154 valence electrons. The average Bonchev–Trinajstić information content (AvgIpc) is 3.23. The van der Waals surface area contributed by atoms with Gasteiger partial charge in [0, 0.05) is 12.6 Å². The summed E-state index contributed by atoms with van der Waals surface area (Å²) in [7, 11) is 2.87. The highest BCUT2D eigenvalue weighted by Crippen LogP contribution is 2.43. The molecule has 1 aromatic heterocycles. The number of nitrogens with zero attached hydrogens (tertiary/aromatic N) is 1. The number of furan rings is 1. The van der Waals surface area contributed by atoms with Crippen LogP contribution in [0.1, 0.15) is 36.5 Å². The Morgan fingerprint density at radius 3 is 2.45 bits per heavy atom. The van der Waals surface area contributed by atoms with E-state index in [2.05, 4.69) is 0 Å². The third kappa shape index (κ3) is 3.58. The highest BCUT2D eigenvalue weighted by molar-refractivity contribution is 6.46. The van der Waals surface area contributed by atoms with Gasteiger partial charge in [0.1, 0.15) is 34.8 Å². The van der Waals surface area contributed by atoms with Crippen LogP contribution in [0.5, 0.6) is 11.5 Å². The minimum absolute atomic E-state index is 0.0719. The molecule has 0 saturated carbocycles. The predicted octanol–water partition coefficient (Wildman–Crippen LogP) is 4.09. The molecule has 1 amide bonds. The van der Waals surface area contributed by atoms with Crippen LogP contribution in [0.4, 0.5) is 0 Å². The van der Waals surface area contributed by atoms with E-state index in [1.54, 1.807) is 19.1 Å². The minimum Gasteiger partial charge on any atom is -0.507 e. The Bertz CT molecular complexity index is 993. The lowest BCUT2D eigenvalue weighted by atomic mass is 9.98. The minimum atomic E-state index is -0.839. The van der Waals surface area contributed by atoms with Crippen molar-refractivity contribution in [1.82, 2.24) is 4.90 Å². The van der Waals surface area contributed by atoms with Crippen LogP contribution < -0.4 is 9.47 Å². The van der Waals surface area contributed by atoms with Crippen LogP contribution in [0.15, 0.2) is 34.3 Å². The summed E-state index contributed by atoms with van der Waals surface area (Å²) in [5.74, 6) is -0.232. The Morgan fingerprint density at radius 2 is 1.90 bits per heavy atom. The van der Waals surface area contributed by atoms with Crippen LogP contribution in [-0.4, -0.2) is 42.5 Å². The first kappa shape index (κ1) is 20.8. The quantitative estimate of drug-likeness (QED) is 0.431. The van der Waals surface area contributed by atoms with Gasteiger partial charge >= 0.3 is 0 Å². The number of aliphatic hydroxyl groups is 1. The second kappa shape index (κ2) is 8.21. The standard InChI is InChI=1S/C21H22ClNO6/c1-5-8-23-18(14-7-6-11(2)29-14)17(20(25)21(23)26)19(24)12-9-13(22)16(28-4)10-15(12)27-3/h6-7,9-10,18,24H,5,8H2,1-4H3/b19-17+. The summed E-state index contributed by atoms with van der Waals surface area (Å²) in [5, 5.41) is 11.3. The molecular weight excluding hydrogens is 398 g/mol. The Labute approximate surface area is 173 Å². The van der Waals surface area contributed by atoms with Gasteiger partial charge in [0.05, 0.1) is 30.4 Å². The van der Waals surface area contributed by atoms with Crippen molar-refractivity contribution in [3.63, 3.8) is 0 Å². The topological polar surface area (TPSA) is 89.2 Å². The van der Waals surface area contributed by atoms with Gasteiger partial charge in [-0.15, -0.1) is 0 Å². The molecule has 1 aliphatic rings. The molecule has 0 spiro atoms. The molecule has 1 N–H and O–H groups in total. The summed E-state index contributed by atoms with van der Waals surface area (Å²) in [5.41, 5.74) is 0.110. The molecule has 7 nitrogen and oxygen atoms in total. The van der Waals surface area contributed by atoms with Gasteiger partial charge in [-0.25, -0.2) is 0 Å². The van der Waals surface area contributed by atoms with Crippen molar-refractivity contribution in [3.05, 3.63) is 51.9 Å². The van der Waals surface area contributed by atoms with Crippen molar-refractivity contribution < 1.29 is 28.6 Å². The molecule has 1 aromatic carbocycles. The van der Waals surface area contributed by atoms with Gasteiger partial charge in [-0.1, -0.05) is 18.5 Å². The monoisotopic (exact) mass is 419 g/mol. The number of ether oxygens (including phenoxy) is 2. The van der Waals surface area contributed by atoms with E-state index in [0.717, 1.165) is 0 Å². The predicted molar refractivity (Wildman–Crippen MR) is 107 cm³/mol. The van der Waals surface area contributed by atoms with Gasteiger partial charge < -0.3 is 23.9 Å². The van der Waals surface area contributed by atoms with Gasteiger partial charge in [-0.3, -0.25) is 9.59 Å². The SMILES string of the molecule is CCCN1C(=O)C(=O)/C(=C(/O)c2cc(Cl)c(OC)cc2OC)C1c1ccc(C)o1. The number of hydrogen-bond donors (Lipinski definition) is 1. The second-order valence-corrected chi connectivity index (χ2v) is 7.04. The number of ketones is 1. The molecule has 0 radical (unpaired) electrons. The summed E-state index contributed by atoms with van der Waals surface area (Å²) in [6.07, 6.45) is 0.640. The number of carbonyl (C=O) groups excluding carboxylic acids is 2. The number of methoxy groups -OCH3 is 2. The van der Waals surface area contributed by atoms with E-state index < -0.39 is 17.7 Å². The molecule has 8 heteroatoms. The van der Waals surface area contributed by atoms with Crippen molar-refractivity contribution in [1.29, 1.82) is 0 Å². The van der Waals surface area contributed by atoms with Crippen molar-refractivity contribution in [2.45, 2.75) is 26.3 Å². The van der Waals surface area contributed by atoms with Crippen LogP contribution >= 0.6 is 11.6 Å². The molecule has 1 unspecified atom stereocenters.